The molecule has 6 nitrogen and oxygen atoms in total. The third kappa shape index (κ3) is 5.19. The predicted molar refractivity (Wildman–Crippen MR) is 96.3 cm³/mol. The van der Waals surface area contributed by atoms with Crippen molar-refractivity contribution >= 4 is 6.03 Å². The fourth-order valence-corrected chi connectivity index (χ4v) is 2.99. The normalized spacial score (nSPS) is 17.2. The molecule has 1 aromatic carbocycles. The highest BCUT2D eigenvalue weighted by Gasteiger charge is 2.23. The number of hydrogen-bond acceptors (Lipinski definition) is 4. The molecule has 2 heterocycles. The molecular weight excluding hydrogens is 316 g/mol. The summed E-state index contributed by atoms with van der Waals surface area (Å²) in [5.74, 6) is 0.625. The van der Waals surface area contributed by atoms with Crippen LogP contribution in [0.3, 0.4) is 0 Å². The summed E-state index contributed by atoms with van der Waals surface area (Å²) < 4.78 is 5.08. The number of nitrogens with zero attached hydrogens (tertiary/aromatic N) is 2. The van der Waals surface area contributed by atoms with Gasteiger partial charge in [0.05, 0.1) is 7.11 Å². The van der Waals surface area contributed by atoms with E-state index in [-0.39, 0.29) is 12.1 Å². The molecule has 1 aliphatic rings. The van der Waals surface area contributed by atoms with Gasteiger partial charge in [0.2, 0.25) is 5.88 Å². The van der Waals surface area contributed by atoms with E-state index in [1.165, 1.54) is 0 Å². The largest absolute Gasteiger partial charge is 0.481 e. The first kappa shape index (κ1) is 17.2. The Morgan fingerprint density at radius 1 is 1.24 bits per heavy atom. The summed E-state index contributed by atoms with van der Waals surface area (Å²) in [4.78, 5) is 18.6. The zero-order valence-corrected chi connectivity index (χ0v) is 14.4. The van der Waals surface area contributed by atoms with Crippen molar-refractivity contribution in [2.45, 2.75) is 25.6 Å². The van der Waals surface area contributed by atoms with Crippen LogP contribution in [0.2, 0.25) is 0 Å². The number of benzene rings is 1. The molecule has 1 fully saturated rings. The van der Waals surface area contributed by atoms with Gasteiger partial charge in [-0.05, 0) is 17.5 Å². The number of pyridine rings is 1. The Labute approximate surface area is 148 Å². The molecule has 0 saturated carbocycles. The first-order valence-corrected chi connectivity index (χ1v) is 8.52. The predicted octanol–water partition coefficient (Wildman–Crippen LogP) is 2.16. The molecule has 25 heavy (non-hydrogen) atoms. The minimum Gasteiger partial charge on any atom is -0.481 e. The average Bonchev–Trinajstić information content (AvgIpc) is 3.08. The van der Waals surface area contributed by atoms with Crippen LogP contribution in [0.4, 0.5) is 4.79 Å². The maximum Gasteiger partial charge on any atom is 0.315 e. The second-order valence-corrected chi connectivity index (χ2v) is 6.24. The fourth-order valence-electron chi connectivity index (χ4n) is 2.99. The second-order valence-electron chi connectivity index (χ2n) is 6.24. The van der Waals surface area contributed by atoms with Crippen LogP contribution in [0.1, 0.15) is 17.5 Å². The SMILES string of the molecule is COc1ccc(CN2CC[C@@H](NC(=O)NCc3ccccc3)C2)cn1. The first-order chi connectivity index (χ1) is 12.2. The van der Waals surface area contributed by atoms with Gasteiger partial charge >= 0.3 is 6.03 Å². The molecule has 1 atom stereocenters. The molecule has 1 aromatic heterocycles. The molecule has 2 aromatic rings. The minimum absolute atomic E-state index is 0.109. The molecule has 2 amide bonds. The van der Waals surface area contributed by atoms with Gasteiger partial charge in [-0.25, -0.2) is 9.78 Å². The number of nitrogens with one attached hydrogen (secondary N) is 2. The number of carbonyl (C=O) groups excluding carboxylic acids is 1. The highest BCUT2D eigenvalue weighted by Crippen LogP contribution is 2.14. The number of urea groups is 1. The Kier molecular flexibility index (Phi) is 5.85. The highest BCUT2D eigenvalue weighted by molar-refractivity contribution is 5.74. The third-order valence-corrected chi connectivity index (χ3v) is 4.32. The number of methoxy groups -OCH3 is 1. The monoisotopic (exact) mass is 340 g/mol. The van der Waals surface area contributed by atoms with Crippen molar-refractivity contribution < 1.29 is 9.53 Å². The summed E-state index contributed by atoms with van der Waals surface area (Å²) in [7, 11) is 1.61. The van der Waals surface area contributed by atoms with Crippen LogP contribution in [0.25, 0.3) is 0 Å². The van der Waals surface area contributed by atoms with Gasteiger partial charge < -0.3 is 15.4 Å². The van der Waals surface area contributed by atoms with Crippen molar-refractivity contribution in [3.05, 3.63) is 59.8 Å². The Morgan fingerprint density at radius 2 is 2.08 bits per heavy atom. The van der Waals surface area contributed by atoms with Gasteiger partial charge in [-0.2, -0.15) is 0 Å². The maximum atomic E-state index is 12.0. The van der Waals surface area contributed by atoms with Gasteiger partial charge in [-0.3, -0.25) is 4.90 Å². The van der Waals surface area contributed by atoms with E-state index in [0.717, 1.165) is 37.2 Å². The van der Waals surface area contributed by atoms with Gasteiger partial charge in [0.25, 0.3) is 0 Å². The molecule has 3 rings (SSSR count). The van der Waals surface area contributed by atoms with E-state index in [0.29, 0.717) is 12.4 Å². The molecule has 1 saturated heterocycles. The summed E-state index contributed by atoms with van der Waals surface area (Å²) in [5, 5.41) is 5.97. The zero-order valence-electron chi connectivity index (χ0n) is 14.4. The summed E-state index contributed by atoms with van der Waals surface area (Å²) >= 11 is 0. The first-order valence-electron chi connectivity index (χ1n) is 8.52. The molecule has 0 bridgehead atoms. The summed E-state index contributed by atoms with van der Waals surface area (Å²) in [5.41, 5.74) is 2.24. The van der Waals surface area contributed by atoms with Crippen LogP contribution in [0.5, 0.6) is 5.88 Å². The van der Waals surface area contributed by atoms with Crippen molar-refractivity contribution in [1.82, 2.24) is 20.5 Å². The van der Waals surface area contributed by atoms with Gasteiger partial charge in [0.15, 0.2) is 0 Å². The van der Waals surface area contributed by atoms with Crippen molar-refractivity contribution in [2.24, 2.45) is 0 Å². The minimum atomic E-state index is -0.109. The van der Waals surface area contributed by atoms with Crippen LogP contribution in [-0.4, -0.2) is 42.2 Å². The van der Waals surface area contributed by atoms with E-state index in [9.17, 15) is 4.79 Å². The van der Waals surface area contributed by atoms with Crippen LogP contribution in [0, 0.1) is 0 Å². The number of ether oxygens (including phenoxy) is 1. The molecule has 6 heteroatoms. The van der Waals surface area contributed by atoms with Crippen molar-refractivity contribution in [3.8, 4) is 5.88 Å². The number of aromatic nitrogens is 1. The lowest BCUT2D eigenvalue weighted by molar-refractivity contribution is 0.235. The van der Waals surface area contributed by atoms with Crippen LogP contribution >= 0.6 is 0 Å². The topological polar surface area (TPSA) is 66.5 Å². The molecule has 0 radical (unpaired) electrons. The molecule has 0 unspecified atom stereocenters. The van der Waals surface area contributed by atoms with Gasteiger partial charge in [0.1, 0.15) is 0 Å². The Hall–Kier alpha value is -2.60. The Morgan fingerprint density at radius 3 is 2.80 bits per heavy atom. The Bertz CT molecular complexity index is 676. The lowest BCUT2D eigenvalue weighted by atomic mass is 10.2. The van der Waals surface area contributed by atoms with Crippen LogP contribution in [-0.2, 0) is 13.1 Å². The molecule has 2 N–H and O–H groups in total. The van der Waals surface area contributed by atoms with E-state index in [2.05, 4.69) is 20.5 Å². The quantitative estimate of drug-likeness (QED) is 0.846. The smallest absolute Gasteiger partial charge is 0.315 e. The fraction of sp³-hybridized carbons (Fsp3) is 0.368. The van der Waals surface area contributed by atoms with Gasteiger partial charge in [0, 0.05) is 44.5 Å². The van der Waals surface area contributed by atoms with E-state index in [4.69, 9.17) is 4.74 Å². The molecule has 0 spiro atoms. The maximum absolute atomic E-state index is 12.0. The number of likely N-dealkylation sites (tertiary alicyclic amines) is 1. The van der Waals surface area contributed by atoms with Gasteiger partial charge in [-0.1, -0.05) is 36.4 Å². The van der Waals surface area contributed by atoms with Crippen LogP contribution in [0.15, 0.2) is 48.7 Å². The lowest BCUT2D eigenvalue weighted by Crippen LogP contribution is -2.43. The summed E-state index contributed by atoms with van der Waals surface area (Å²) in [6.07, 6.45) is 2.80. The second kappa shape index (κ2) is 8.48. The highest BCUT2D eigenvalue weighted by atomic mass is 16.5. The zero-order chi connectivity index (χ0) is 17.5. The Balaban J connectivity index is 1.40. The summed E-state index contributed by atoms with van der Waals surface area (Å²) in [6, 6.07) is 13.9. The standard InChI is InChI=1S/C19H24N4O2/c1-25-18-8-7-16(12-20-18)13-23-10-9-17(14-23)22-19(24)21-11-15-5-3-2-4-6-15/h2-8,12,17H,9-11,13-14H2,1H3,(H2,21,22,24)/t17-/m1/s1. The number of carbonyl (C=O) groups is 1. The van der Waals surface area contributed by atoms with E-state index < -0.39 is 0 Å². The lowest BCUT2D eigenvalue weighted by Gasteiger charge is -2.17. The molecule has 132 valence electrons. The molecule has 0 aliphatic carbocycles. The molecular formula is C19H24N4O2. The number of rotatable bonds is 6. The van der Waals surface area contributed by atoms with E-state index in [1.807, 2.05) is 48.7 Å². The summed E-state index contributed by atoms with van der Waals surface area (Å²) in [6.45, 7) is 3.20. The van der Waals surface area contributed by atoms with Crippen molar-refractivity contribution in [2.75, 3.05) is 20.2 Å². The van der Waals surface area contributed by atoms with E-state index in [1.54, 1.807) is 7.11 Å². The van der Waals surface area contributed by atoms with Crippen molar-refractivity contribution in [3.63, 3.8) is 0 Å². The van der Waals surface area contributed by atoms with E-state index >= 15 is 0 Å². The number of hydrogen-bond donors (Lipinski definition) is 2. The molecule has 1 aliphatic heterocycles. The third-order valence-electron chi connectivity index (χ3n) is 4.32. The van der Waals surface area contributed by atoms with Crippen LogP contribution < -0.4 is 15.4 Å². The van der Waals surface area contributed by atoms with Gasteiger partial charge in [-0.15, -0.1) is 0 Å². The number of amides is 2. The van der Waals surface area contributed by atoms with Crippen molar-refractivity contribution in [1.29, 1.82) is 0 Å². The average molecular weight is 340 g/mol.